The molecule has 2 aromatic heterocycles. The van der Waals surface area contributed by atoms with Crippen molar-refractivity contribution in [3.05, 3.63) is 54.6 Å². The van der Waals surface area contributed by atoms with Crippen molar-refractivity contribution < 1.29 is 5.11 Å². The minimum atomic E-state index is 0.236. The molecule has 146 valence electrons. The fourth-order valence-electron chi connectivity index (χ4n) is 3.66. The Labute approximate surface area is 165 Å². The van der Waals surface area contributed by atoms with E-state index in [1.807, 2.05) is 30.2 Å². The number of hydrogen-bond acceptors (Lipinski definition) is 6. The Bertz CT molecular complexity index is 925. The number of aliphatic hydroxyl groups is 1. The van der Waals surface area contributed by atoms with Crippen LogP contribution < -0.4 is 10.2 Å². The maximum atomic E-state index is 9.45. The van der Waals surface area contributed by atoms with Crippen LogP contribution in [-0.2, 0) is 13.6 Å². The maximum Gasteiger partial charge on any atom is 0.134 e. The summed E-state index contributed by atoms with van der Waals surface area (Å²) in [4.78, 5) is 11.0. The van der Waals surface area contributed by atoms with E-state index in [1.165, 1.54) is 5.56 Å². The van der Waals surface area contributed by atoms with Crippen LogP contribution in [0.1, 0.15) is 18.4 Å². The molecule has 1 aliphatic rings. The van der Waals surface area contributed by atoms with Gasteiger partial charge in [0.2, 0.25) is 0 Å². The lowest BCUT2D eigenvalue weighted by Crippen LogP contribution is -2.37. The summed E-state index contributed by atoms with van der Waals surface area (Å²) < 4.78 is 1.81. The molecule has 2 N–H and O–H groups in total. The van der Waals surface area contributed by atoms with Gasteiger partial charge < -0.3 is 15.3 Å². The number of hydrogen-bond donors (Lipinski definition) is 2. The van der Waals surface area contributed by atoms with Gasteiger partial charge in [0.15, 0.2) is 0 Å². The second-order valence-corrected chi connectivity index (χ2v) is 7.35. The van der Waals surface area contributed by atoms with Crippen molar-refractivity contribution in [2.24, 2.45) is 13.0 Å². The summed E-state index contributed by atoms with van der Waals surface area (Å²) in [7, 11) is 1.92. The van der Waals surface area contributed by atoms with E-state index in [4.69, 9.17) is 0 Å². The van der Waals surface area contributed by atoms with Crippen LogP contribution >= 0.6 is 0 Å². The molecule has 3 aromatic rings. The topological polar surface area (TPSA) is 79.1 Å². The third-order valence-corrected chi connectivity index (χ3v) is 5.19. The summed E-state index contributed by atoms with van der Waals surface area (Å²) in [6.07, 6.45) is 7.66. The van der Waals surface area contributed by atoms with E-state index in [9.17, 15) is 5.11 Å². The zero-order chi connectivity index (χ0) is 19.3. The lowest BCUT2D eigenvalue weighted by molar-refractivity contribution is 0.208. The van der Waals surface area contributed by atoms with Gasteiger partial charge in [-0.25, -0.2) is 9.97 Å². The van der Waals surface area contributed by atoms with Gasteiger partial charge in [-0.2, -0.15) is 5.10 Å². The molecule has 0 radical (unpaired) electrons. The van der Waals surface area contributed by atoms with Crippen molar-refractivity contribution in [1.82, 2.24) is 19.7 Å². The highest BCUT2D eigenvalue weighted by Crippen LogP contribution is 2.23. The predicted molar refractivity (Wildman–Crippen MR) is 110 cm³/mol. The SMILES string of the molecule is Cn1cc(-c2cccc(CNc3cc(N4CCCC(CO)C4)ncn3)c2)cn1. The molecule has 0 spiro atoms. The van der Waals surface area contributed by atoms with Crippen molar-refractivity contribution in [1.29, 1.82) is 0 Å². The fourth-order valence-corrected chi connectivity index (χ4v) is 3.66. The fraction of sp³-hybridized carbons (Fsp3) is 0.381. The van der Waals surface area contributed by atoms with Gasteiger partial charge in [-0.1, -0.05) is 18.2 Å². The van der Waals surface area contributed by atoms with Gasteiger partial charge in [0, 0.05) is 51.1 Å². The molecule has 1 saturated heterocycles. The van der Waals surface area contributed by atoms with Crippen LogP contribution in [0.4, 0.5) is 11.6 Å². The number of aromatic nitrogens is 4. The van der Waals surface area contributed by atoms with Crippen molar-refractivity contribution in [2.75, 3.05) is 29.9 Å². The number of nitrogens with one attached hydrogen (secondary N) is 1. The van der Waals surface area contributed by atoms with E-state index in [0.29, 0.717) is 12.5 Å². The van der Waals surface area contributed by atoms with Gasteiger partial charge in [-0.05, 0) is 36.0 Å². The van der Waals surface area contributed by atoms with E-state index in [2.05, 4.69) is 49.5 Å². The molecule has 1 aliphatic heterocycles. The summed E-state index contributed by atoms with van der Waals surface area (Å²) in [6, 6.07) is 10.4. The lowest BCUT2D eigenvalue weighted by Gasteiger charge is -2.32. The largest absolute Gasteiger partial charge is 0.396 e. The van der Waals surface area contributed by atoms with Crippen molar-refractivity contribution in [2.45, 2.75) is 19.4 Å². The zero-order valence-corrected chi connectivity index (χ0v) is 16.1. The zero-order valence-electron chi connectivity index (χ0n) is 16.1. The van der Waals surface area contributed by atoms with Gasteiger partial charge in [-0.15, -0.1) is 0 Å². The molecular formula is C21H26N6O. The Hall–Kier alpha value is -2.93. The number of piperidine rings is 1. The molecule has 1 unspecified atom stereocenters. The summed E-state index contributed by atoms with van der Waals surface area (Å²) in [5.41, 5.74) is 3.44. The van der Waals surface area contributed by atoms with Crippen LogP contribution in [-0.4, -0.2) is 44.6 Å². The average Bonchev–Trinajstić information content (AvgIpc) is 3.19. The number of benzene rings is 1. The molecule has 1 atom stereocenters. The molecule has 7 heteroatoms. The maximum absolute atomic E-state index is 9.45. The standard InChI is InChI=1S/C21H26N6O/c1-26-13-19(11-25-26)18-6-2-4-16(8-18)10-22-20-9-21(24-15-23-20)27-7-3-5-17(12-27)14-28/h2,4,6,8-9,11,13,15,17,28H,3,5,7,10,12,14H2,1H3,(H,22,23,24). The van der Waals surface area contributed by atoms with Crippen LogP contribution in [0.5, 0.6) is 0 Å². The summed E-state index contributed by atoms with van der Waals surface area (Å²) in [5.74, 6) is 2.05. The van der Waals surface area contributed by atoms with E-state index in [0.717, 1.165) is 48.7 Å². The second kappa shape index (κ2) is 8.39. The van der Waals surface area contributed by atoms with Crippen molar-refractivity contribution in [3.63, 3.8) is 0 Å². The Kier molecular flexibility index (Phi) is 5.53. The molecule has 0 aliphatic carbocycles. The van der Waals surface area contributed by atoms with Crippen LogP contribution in [0, 0.1) is 5.92 Å². The molecular weight excluding hydrogens is 352 g/mol. The molecule has 0 bridgehead atoms. The van der Waals surface area contributed by atoms with Gasteiger partial charge in [-0.3, -0.25) is 4.68 Å². The molecule has 4 rings (SSSR count). The third kappa shape index (κ3) is 4.31. The second-order valence-electron chi connectivity index (χ2n) is 7.35. The smallest absolute Gasteiger partial charge is 0.134 e. The van der Waals surface area contributed by atoms with Crippen LogP contribution in [0.25, 0.3) is 11.1 Å². The molecule has 1 aromatic carbocycles. The molecule has 1 fully saturated rings. The highest BCUT2D eigenvalue weighted by atomic mass is 16.3. The number of rotatable bonds is 6. The first-order valence-electron chi connectivity index (χ1n) is 9.71. The Morgan fingerprint density at radius 1 is 1.21 bits per heavy atom. The normalized spacial score (nSPS) is 16.9. The highest BCUT2D eigenvalue weighted by Gasteiger charge is 2.20. The molecule has 28 heavy (non-hydrogen) atoms. The third-order valence-electron chi connectivity index (χ3n) is 5.19. The molecule has 0 saturated carbocycles. The lowest BCUT2D eigenvalue weighted by atomic mass is 9.99. The van der Waals surface area contributed by atoms with Gasteiger partial charge >= 0.3 is 0 Å². The minimum absolute atomic E-state index is 0.236. The van der Waals surface area contributed by atoms with E-state index >= 15 is 0 Å². The number of anilines is 2. The van der Waals surface area contributed by atoms with E-state index < -0.39 is 0 Å². The Morgan fingerprint density at radius 2 is 2.14 bits per heavy atom. The highest BCUT2D eigenvalue weighted by molar-refractivity contribution is 5.62. The molecule has 3 heterocycles. The monoisotopic (exact) mass is 378 g/mol. The van der Waals surface area contributed by atoms with Crippen molar-refractivity contribution in [3.8, 4) is 11.1 Å². The van der Waals surface area contributed by atoms with E-state index in [1.54, 1.807) is 6.33 Å². The minimum Gasteiger partial charge on any atom is -0.396 e. The first-order chi connectivity index (χ1) is 13.7. The van der Waals surface area contributed by atoms with Crippen molar-refractivity contribution >= 4 is 11.6 Å². The van der Waals surface area contributed by atoms with Gasteiger partial charge in [0.1, 0.15) is 18.0 Å². The van der Waals surface area contributed by atoms with Crippen LogP contribution in [0.15, 0.2) is 49.1 Å². The average molecular weight is 378 g/mol. The molecule has 7 nitrogen and oxygen atoms in total. The van der Waals surface area contributed by atoms with Gasteiger partial charge in [0.05, 0.1) is 6.20 Å². The summed E-state index contributed by atoms with van der Waals surface area (Å²) >= 11 is 0. The Balaban J connectivity index is 1.43. The van der Waals surface area contributed by atoms with Crippen LogP contribution in [0.2, 0.25) is 0 Å². The number of aliphatic hydroxyl groups excluding tert-OH is 1. The van der Waals surface area contributed by atoms with Gasteiger partial charge in [0.25, 0.3) is 0 Å². The number of nitrogens with zero attached hydrogens (tertiary/aromatic N) is 5. The predicted octanol–water partition coefficient (Wildman–Crippen LogP) is 2.70. The first kappa shape index (κ1) is 18.4. The quantitative estimate of drug-likeness (QED) is 0.687. The molecule has 0 amide bonds. The Morgan fingerprint density at radius 3 is 2.96 bits per heavy atom. The number of aryl methyl sites for hydroxylation is 1. The van der Waals surface area contributed by atoms with Crippen LogP contribution in [0.3, 0.4) is 0 Å². The summed E-state index contributed by atoms with van der Waals surface area (Å²) in [5, 5.41) is 17.1. The summed E-state index contributed by atoms with van der Waals surface area (Å²) in [6.45, 7) is 2.74. The van der Waals surface area contributed by atoms with E-state index in [-0.39, 0.29) is 6.61 Å². The first-order valence-corrected chi connectivity index (χ1v) is 9.71.